The number of hydrogen-bond acceptors (Lipinski definition) is 4. The fourth-order valence-corrected chi connectivity index (χ4v) is 3.89. The van der Waals surface area contributed by atoms with Crippen molar-refractivity contribution in [1.29, 1.82) is 0 Å². The van der Waals surface area contributed by atoms with Gasteiger partial charge in [-0.3, -0.25) is 4.90 Å². The highest BCUT2D eigenvalue weighted by molar-refractivity contribution is 5.43. The number of nitrogens with zero attached hydrogens (tertiary/aromatic N) is 1. The van der Waals surface area contributed by atoms with E-state index in [1.54, 1.807) is 14.2 Å². The summed E-state index contributed by atoms with van der Waals surface area (Å²) < 4.78 is 10.9. The van der Waals surface area contributed by atoms with Crippen molar-refractivity contribution in [2.75, 3.05) is 20.8 Å². The molecule has 116 valence electrons. The van der Waals surface area contributed by atoms with Crippen LogP contribution in [0.15, 0.2) is 18.2 Å². The van der Waals surface area contributed by atoms with E-state index in [1.807, 2.05) is 12.1 Å². The van der Waals surface area contributed by atoms with Crippen LogP contribution in [0.2, 0.25) is 0 Å². The Hall–Kier alpha value is -1.26. The summed E-state index contributed by atoms with van der Waals surface area (Å²) in [5.74, 6) is 1.67. The first kappa shape index (κ1) is 14.7. The summed E-state index contributed by atoms with van der Waals surface area (Å²) in [6, 6.07) is 6.78. The molecule has 21 heavy (non-hydrogen) atoms. The van der Waals surface area contributed by atoms with Gasteiger partial charge in [0.15, 0.2) is 0 Å². The maximum absolute atomic E-state index is 10.3. The largest absolute Gasteiger partial charge is 0.497 e. The van der Waals surface area contributed by atoms with E-state index in [4.69, 9.17) is 9.47 Å². The van der Waals surface area contributed by atoms with Crippen molar-refractivity contribution < 1.29 is 14.6 Å². The van der Waals surface area contributed by atoms with Gasteiger partial charge in [-0.15, -0.1) is 0 Å². The quantitative estimate of drug-likeness (QED) is 0.930. The fraction of sp³-hybridized carbons (Fsp3) is 0.647. The minimum Gasteiger partial charge on any atom is -0.497 e. The van der Waals surface area contributed by atoms with E-state index in [9.17, 15) is 5.11 Å². The van der Waals surface area contributed by atoms with E-state index in [0.717, 1.165) is 30.9 Å². The minimum absolute atomic E-state index is 0.207. The number of hydrogen-bond donors (Lipinski definition) is 1. The molecule has 0 spiro atoms. The lowest BCUT2D eigenvalue weighted by Crippen LogP contribution is -2.48. The number of aliphatic hydroxyl groups is 1. The zero-order chi connectivity index (χ0) is 14.8. The van der Waals surface area contributed by atoms with Gasteiger partial charge in [-0.1, -0.05) is 12.5 Å². The van der Waals surface area contributed by atoms with E-state index >= 15 is 0 Å². The van der Waals surface area contributed by atoms with E-state index < -0.39 is 0 Å². The molecule has 0 aromatic heterocycles. The second kappa shape index (κ2) is 6.24. The first-order valence-electron chi connectivity index (χ1n) is 7.88. The van der Waals surface area contributed by atoms with Gasteiger partial charge in [0.1, 0.15) is 11.5 Å². The highest BCUT2D eigenvalue weighted by atomic mass is 16.5. The lowest BCUT2D eigenvalue weighted by molar-refractivity contribution is -0.0186. The zero-order valence-corrected chi connectivity index (χ0v) is 12.9. The Morgan fingerprint density at radius 2 is 2.00 bits per heavy atom. The second-order valence-corrected chi connectivity index (χ2v) is 6.14. The third-order valence-electron chi connectivity index (χ3n) is 4.91. The number of aliphatic hydroxyl groups excluding tert-OH is 1. The smallest absolute Gasteiger partial charge is 0.127 e. The van der Waals surface area contributed by atoms with E-state index in [1.165, 1.54) is 24.8 Å². The number of fused-ring (bicyclic) bond motifs is 1. The summed E-state index contributed by atoms with van der Waals surface area (Å²) in [5, 5.41) is 10.3. The molecule has 1 aromatic carbocycles. The number of rotatable bonds is 3. The zero-order valence-electron chi connectivity index (χ0n) is 12.9. The molecule has 0 aliphatic carbocycles. The number of ether oxygens (including phenoxy) is 2. The molecule has 0 amide bonds. The highest BCUT2D eigenvalue weighted by Gasteiger charge is 2.37. The molecule has 2 fully saturated rings. The molecule has 0 saturated carbocycles. The first-order chi connectivity index (χ1) is 10.2. The lowest BCUT2D eigenvalue weighted by Gasteiger charge is -2.47. The molecule has 2 heterocycles. The number of methoxy groups -OCH3 is 2. The summed E-state index contributed by atoms with van der Waals surface area (Å²) >= 11 is 0. The van der Waals surface area contributed by atoms with Crippen LogP contribution < -0.4 is 9.47 Å². The molecule has 1 N–H and O–H groups in total. The molecule has 2 saturated heterocycles. The lowest BCUT2D eigenvalue weighted by atomic mass is 9.84. The maximum atomic E-state index is 10.3. The van der Waals surface area contributed by atoms with Gasteiger partial charge >= 0.3 is 0 Å². The standard InChI is InChI=1S/C17H25NO3/c1-20-14-6-7-15(17(11-14)21-2)16-10-13(19)9-12-5-3-4-8-18(12)16/h6-7,11-13,16,19H,3-5,8-10H2,1-2H3/t12-,13+,16+/m0/s1. The van der Waals surface area contributed by atoms with E-state index in [0.29, 0.717) is 6.04 Å². The third kappa shape index (κ3) is 2.87. The van der Waals surface area contributed by atoms with Gasteiger partial charge in [-0.05, 0) is 38.3 Å². The second-order valence-electron chi connectivity index (χ2n) is 6.14. The Labute approximate surface area is 126 Å². The van der Waals surface area contributed by atoms with Crippen LogP contribution in [-0.4, -0.2) is 42.9 Å². The Bertz CT molecular complexity index is 491. The third-order valence-corrected chi connectivity index (χ3v) is 4.91. The van der Waals surface area contributed by atoms with Crippen LogP contribution in [0, 0.1) is 0 Å². The van der Waals surface area contributed by atoms with Crippen LogP contribution in [-0.2, 0) is 0 Å². The molecule has 0 bridgehead atoms. The maximum Gasteiger partial charge on any atom is 0.127 e. The van der Waals surface area contributed by atoms with Gasteiger partial charge in [0.2, 0.25) is 0 Å². The van der Waals surface area contributed by atoms with Crippen LogP contribution in [0.1, 0.15) is 43.7 Å². The van der Waals surface area contributed by atoms with Crippen molar-refractivity contribution >= 4 is 0 Å². The normalized spacial score (nSPS) is 29.8. The first-order valence-corrected chi connectivity index (χ1v) is 7.88. The number of piperidine rings is 2. The van der Waals surface area contributed by atoms with Gasteiger partial charge in [-0.2, -0.15) is 0 Å². The summed E-state index contributed by atoms with van der Waals surface area (Å²) in [6.45, 7) is 1.12. The van der Waals surface area contributed by atoms with Crippen molar-refractivity contribution in [3.8, 4) is 11.5 Å². The van der Waals surface area contributed by atoms with Crippen molar-refractivity contribution in [3.05, 3.63) is 23.8 Å². The van der Waals surface area contributed by atoms with Crippen molar-refractivity contribution in [2.45, 2.75) is 50.3 Å². The SMILES string of the molecule is COc1ccc([C@H]2C[C@H](O)C[C@@H]3CCCCN32)c(OC)c1. The Balaban J connectivity index is 1.93. The molecule has 0 radical (unpaired) electrons. The van der Waals surface area contributed by atoms with Crippen LogP contribution >= 0.6 is 0 Å². The van der Waals surface area contributed by atoms with Crippen molar-refractivity contribution in [2.24, 2.45) is 0 Å². The molecular weight excluding hydrogens is 266 g/mol. The molecule has 3 rings (SSSR count). The molecule has 4 nitrogen and oxygen atoms in total. The Kier molecular flexibility index (Phi) is 4.36. The summed E-state index contributed by atoms with van der Waals surface area (Å²) in [6.07, 6.45) is 5.23. The number of benzene rings is 1. The molecular formula is C17H25NO3. The highest BCUT2D eigenvalue weighted by Crippen LogP contribution is 2.42. The average Bonchev–Trinajstić information content (AvgIpc) is 2.53. The van der Waals surface area contributed by atoms with Crippen LogP contribution in [0.3, 0.4) is 0 Å². The van der Waals surface area contributed by atoms with Crippen LogP contribution in [0.25, 0.3) is 0 Å². The molecule has 2 aliphatic rings. The predicted octanol–water partition coefficient (Wildman–Crippen LogP) is 2.75. The topological polar surface area (TPSA) is 41.9 Å². The molecule has 3 atom stereocenters. The van der Waals surface area contributed by atoms with Crippen LogP contribution in [0.5, 0.6) is 11.5 Å². The predicted molar refractivity (Wildman–Crippen MR) is 81.9 cm³/mol. The van der Waals surface area contributed by atoms with E-state index in [2.05, 4.69) is 11.0 Å². The molecule has 0 unspecified atom stereocenters. The van der Waals surface area contributed by atoms with Gasteiger partial charge < -0.3 is 14.6 Å². The van der Waals surface area contributed by atoms with Gasteiger partial charge in [0, 0.05) is 23.7 Å². The monoisotopic (exact) mass is 291 g/mol. The summed E-state index contributed by atoms with van der Waals surface area (Å²) in [4.78, 5) is 2.57. The van der Waals surface area contributed by atoms with Crippen molar-refractivity contribution in [1.82, 2.24) is 4.90 Å². The summed E-state index contributed by atoms with van der Waals surface area (Å²) in [7, 11) is 3.37. The Morgan fingerprint density at radius 1 is 1.14 bits per heavy atom. The van der Waals surface area contributed by atoms with Crippen LogP contribution in [0.4, 0.5) is 0 Å². The minimum atomic E-state index is -0.207. The molecule has 2 aliphatic heterocycles. The fourth-order valence-electron chi connectivity index (χ4n) is 3.89. The Morgan fingerprint density at radius 3 is 2.76 bits per heavy atom. The molecule has 4 heteroatoms. The van der Waals surface area contributed by atoms with Gasteiger partial charge in [-0.25, -0.2) is 0 Å². The molecule has 1 aromatic rings. The van der Waals surface area contributed by atoms with Crippen molar-refractivity contribution in [3.63, 3.8) is 0 Å². The van der Waals surface area contributed by atoms with Gasteiger partial charge in [0.25, 0.3) is 0 Å². The van der Waals surface area contributed by atoms with E-state index in [-0.39, 0.29) is 12.1 Å². The van der Waals surface area contributed by atoms with Gasteiger partial charge in [0.05, 0.1) is 20.3 Å². The average molecular weight is 291 g/mol. The summed E-state index contributed by atoms with van der Waals surface area (Å²) in [5.41, 5.74) is 1.17.